The number of nitrogens with zero attached hydrogens (tertiary/aromatic N) is 1. The van der Waals surface area contributed by atoms with Gasteiger partial charge in [0.15, 0.2) is 0 Å². The molecule has 1 N–H and O–H groups in total. The summed E-state index contributed by atoms with van der Waals surface area (Å²) in [5.74, 6) is 0. The Kier molecular flexibility index (Phi) is 5.96. The van der Waals surface area contributed by atoms with E-state index in [1.54, 1.807) is 0 Å². The van der Waals surface area contributed by atoms with Gasteiger partial charge in [0.1, 0.15) is 0 Å². The Morgan fingerprint density at radius 3 is 2.95 bits per heavy atom. The lowest BCUT2D eigenvalue weighted by atomic mass is 10.1. The lowest BCUT2D eigenvalue weighted by Gasteiger charge is -2.17. The molecular weight excluding hydrogens is 279 g/mol. The van der Waals surface area contributed by atoms with E-state index >= 15 is 0 Å². The highest BCUT2D eigenvalue weighted by Crippen LogP contribution is 2.22. The molecule has 0 spiro atoms. The average Bonchev–Trinajstić information content (AvgIpc) is 2.83. The molecule has 0 bridgehead atoms. The molecule has 1 fully saturated rings. The van der Waals surface area contributed by atoms with Crippen molar-refractivity contribution in [1.29, 1.82) is 0 Å². The monoisotopic (exact) mass is 300 g/mol. The SMILES string of the molecule is CCCNC1CCN(CCc2ccc(Cl)cc2Cl)C1. The first-order valence-electron chi connectivity index (χ1n) is 7.08. The van der Waals surface area contributed by atoms with Gasteiger partial charge in [0.05, 0.1) is 0 Å². The van der Waals surface area contributed by atoms with Gasteiger partial charge in [0, 0.05) is 29.2 Å². The Morgan fingerprint density at radius 2 is 2.21 bits per heavy atom. The molecular formula is C15H22Cl2N2. The van der Waals surface area contributed by atoms with Gasteiger partial charge in [-0.05, 0) is 50.0 Å². The fraction of sp³-hybridized carbons (Fsp3) is 0.600. The van der Waals surface area contributed by atoms with E-state index in [4.69, 9.17) is 23.2 Å². The summed E-state index contributed by atoms with van der Waals surface area (Å²) in [6, 6.07) is 6.44. The Labute approximate surface area is 126 Å². The molecule has 2 rings (SSSR count). The smallest absolute Gasteiger partial charge is 0.0453 e. The second kappa shape index (κ2) is 7.49. The largest absolute Gasteiger partial charge is 0.313 e. The van der Waals surface area contributed by atoms with Crippen LogP contribution in [0.4, 0.5) is 0 Å². The van der Waals surface area contributed by atoms with Crippen LogP contribution >= 0.6 is 23.2 Å². The van der Waals surface area contributed by atoms with E-state index in [1.165, 1.54) is 24.9 Å². The van der Waals surface area contributed by atoms with Gasteiger partial charge in [-0.2, -0.15) is 0 Å². The minimum absolute atomic E-state index is 0.667. The molecule has 19 heavy (non-hydrogen) atoms. The number of hydrogen-bond acceptors (Lipinski definition) is 2. The van der Waals surface area contributed by atoms with E-state index in [-0.39, 0.29) is 0 Å². The molecule has 106 valence electrons. The summed E-state index contributed by atoms with van der Waals surface area (Å²) in [5, 5.41) is 5.08. The molecule has 0 saturated carbocycles. The number of halogens is 2. The van der Waals surface area contributed by atoms with Gasteiger partial charge < -0.3 is 10.2 Å². The second-order valence-corrected chi connectivity index (χ2v) is 6.07. The third-order valence-corrected chi connectivity index (χ3v) is 4.25. The van der Waals surface area contributed by atoms with Crippen LogP contribution in [0.25, 0.3) is 0 Å². The number of rotatable bonds is 6. The van der Waals surface area contributed by atoms with Crippen LogP contribution in [0.1, 0.15) is 25.3 Å². The molecule has 1 unspecified atom stereocenters. The topological polar surface area (TPSA) is 15.3 Å². The van der Waals surface area contributed by atoms with Crippen molar-refractivity contribution < 1.29 is 0 Å². The molecule has 0 aromatic heterocycles. The third kappa shape index (κ3) is 4.64. The quantitative estimate of drug-likeness (QED) is 0.863. The van der Waals surface area contributed by atoms with E-state index in [0.29, 0.717) is 11.1 Å². The van der Waals surface area contributed by atoms with Crippen molar-refractivity contribution >= 4 is 23.2 Å². The van der Waals surface area contributed by atoms with Crippen LogP contribution in [-0.4, -0.2) is 37.1 Å². The Bertz CT molecular complexity index is 409. The maximum atomic E-state index is 6.20. The number of likely N-dealkylation sites (tertiary alicyclic amines) is 1. The number of hydrogen-bond donors (Lipinski definition) is 1. The van der Waals surface area contributed by atoms with Crippen LogP contribution in [0, 0.1) is 0 Å². The maximum absolute atomic E-state index is 6.20. The molecule has 1 aliphatic rings. The average molecular weight is 301 g/mol. The van der Waals surface area contributed by atoms with Crippen LogP contribution in [0.3, 0.4) is 0 Å². The Hall–Kier alpha value is -0.280. The zero-order chi connectivity index (χ0) is 13.7. The molecule has 1 aliphatic heterocycles. The van der Waals surface area contributed by atoms with Crippen LogP contribution in [-0.2, 0) is 6.42 Å². The summed E-state index contributed by atoms with van der Waals surface area (Å²) in [6.45, 7) is 6.76. The first-order chi connectivity index (χ1) is 9.19. The van der Waals surface area contributed by atoms with Crippen molar-refractivity contribution in [3.8, 4) is 0 Å². The van der Waals surface area contributed by atoms with Crippen molar-refractivity contribution in [3.05, 3.63) is 33.8 Å². The molecule has 1 atom stereocenters. The van der Waals surface area contributed by atoms with Crippen LogP contribution in [0.2, 0.25) is 10.0 Å². The zero-order valence-electron chi connectivity index (χ0n) is 11.5. The standard InChI is InChI=1S/C15H22Cl2N2/c1-2-7-18-14-6-9-19(11-14)8-5-12-3-4-13(16)10-15(12)17/h3-4,10,14,18H,2,5-9,11H2,1H3. The first kappa shape index (κ1) is 15.1. The van der Waals surface area contributed by atoms with Crippen molar-refractivity contribution in [3.63, 3.8) is 0 Å². The molecule has 0 aliphatic carbocycles. The molecule has 1 aromatic carbocycles. The second-order valence-electron chi connectivity index (χ2n) is 5.23. The lowest BCUT2D eigenvalue weighted by Crippen LogP contribution is -2.33. The molecule has 0 radical (unpaired) electrons. The van der Waals surface area contributed by atoms with Crippen molar-refractivity contribution in [2.75, 3.05) is 26.2 Å². The molecule has 2 nitrogen and oxygen atoms in total. The highest BCUT2D eigenvalue weighted by Gasteiger charge is 2.21. The maximum Gasteiger partial charge on any atom is 0.0453 e. The minimum atomic E-state index is 0.667. The van der Waals surface area contributed by atoms with Crippen LogP contribution in [0.5, 0.6) is 0 Å². The molecule has 4 heteroatoms. The minimum Gasteiger partial charge on any atom is -0.313 e. The lowest BCUT2D eigenvalue weighted by molar-refractivity contribution is 0.332. The normalized spacial score (nSPS) is 20.1. The number of benzene rings is 1. The summed E-state index contributed by atoms with van der Waals surface area (Å²) >= 11 is 12.1. The predicted octanol–water partition coefficient (Wildman–Crippen LogP) is 3.61. The van der Waals surface area contributed by atoms with Gasteiger partial charge in [-0.1, -0.05) is 36.2 Å². The highest BCUT2D eigenvalue weighted by atomic mass is 35.5. The molecule has 1 saturated heterocycles. The fourth-order valence-corrected chi connectivity index (χ4v) is 3.06. The zero-order valence-corrected chi connectivity index (χ0v) is 13.0. The predicted molar refractivity (Wildman–Crippen MR) is 83.3 cm³/mol. The van der Waals surface area contributed by atoms with Crippen LogP contribution < -0.4 is 5.32 Å². The molecule has 0 amide bonds. The molecule has 1 heterocycles. The Balaban J connectivity index is 1.77. The Morgan fingerprint density at radius 1 is 1.37 bits per heavy atom. The van der Waals surface area contributed by atoms with Gasteiger partial charge in [-0.3, -0.25) is 0 Å². The summed E-state index contributed by atoms with van der Waals surface area (Å²) in [6.07, 6.45) is 3.46. The van der Waals surface area contributed by atoms with E-state index in [1.807, 2.05) is 18.2 Å². The van der Waals surface area contributed by atoms with Crippen molar-refractivity contribution in [2.24, 2.45) is 0 Å². The summed E-state index contributed by atoms with van der Waals surface area (Å²) in [4.78, 5) is 2.51. The van der Waals surface area contributed by atoms with Crippen molar-refractivity contribution in [2.45, 2.75) is 32.2 Å². The highest BCUT2D eigenvalue weighted by molar-refractivity contribution is 6.35. The number of nitrogens with one attached hydrogen (secondary N) is 1. The first-order valence-corrected chi connectivity index (χ1v) is 7.84. The van der Waals surface area contributed by atoms with Gasteiger partial charge in [0.25, 0.3) is 0 Å². The van der Waals surface area contributed by atoms with Gasteiger partial charge in [0.2, 0.25) is 0 Å². The van der Waals surface area contributed by atoms with E-state index < -0.39 is 0 Å². The third-order valence-electron chi connectivity index (χ3n) is 3.67. The van der Waals surface area contributed by atoms with E-state index in [9.17, 15) is 0 Å². The fourth-order valence-electron chi connectivity index (χ4n) is 2.55. The van der Waals surface area contributed by atoms with Crippen LogP contribution in [0.15, 0.2) is 18.2 Å². The van der Waals surface area contributed by atoms with E-state index in [0.717, 1.165) is 31.1 Å². The van der Waals surface area contributed by atoms with Gasteiger partial charge in [-0.25, -0.2) is 0 Å². The van der Waals surface area contributed by atoms with Crippen molar-refractivity contribution in [1.82, 2.24) is 10.2 Å². The van der Waals surface area contributed by atoms with Gasteiger partial charge >= 0.3 is 0 Å². The summed E-state index contributed by atoms with van der Waals surface area (Å²) in [7, 11) is 0. The summed E-state index contributed by atoms with van der Waals surface area (Å²) in [5.41, 5.74) is 1.19. The summed E-state index contributed by atoms with van der Waals surface area (Å²) < 4.78 is 0. The van der Waals surface area contributed by atoms with Gasteiger partial charge in [-0.15, -0.1) is 0 Å². The molecule has 1 aromatic rings. The van der Waals surface area contributed by atoms with E-state index in [2.05, 4.69) is 17.1 Å².